The Kier molecular flexibility index (Phi) is 2.95. The van der Waals surface area contributed by atoms with Crippen molar-refractivity contribution in [3.05, 3.63) is 48.6 Å². The quantitative estimate of drug-likeness (QED) is 0.733. The number of benzene rings is 1. The first-order valence-electron chi connectivity index (χ1n) is 5.36. The fourth-order valence-corrected chi connectivity index (χ4v) is 1.94. The van der Waals surface area contributed by atoms with Crippen molar-refractivity contribution in [2.45, 2.75) is 19.1 Å². The van der Waals surface area contributed by atoms with E-state index in [0.717, 1.165) is 16.5 Å². The van der Waals surface area contributed by atoms with Gasteiger partial charge < -0.3 is 4.74 Å². The molecule has 2 rings (SSSR count). The second kappa shape index (κ2) is 4.41. The molecule has 2 amide bonds. The Balaban J connectivity index is 2.27. The molecule has 1 aromatic carbocycles. The lowest BCUT2D eigenvalue weighted by Crippen LogP contribution is -2.36. The predicted octanol–water partition coefficient (Wildman–Crippen LogP) is 2.28. The molecular weight excluding hydrogens is 218 g/mol. The molecule has 0 spiro atoms. The third-order valence-electron chi connectivity index (χ3n) is 2.81. The van der Waals surface area contributed by atoms with Gasteiger partial charge in [0.15, 0.2) is 0 Å². The molecule has 4 heteroatoms. The first-order chi connectivity index (χ1) is 8.15. The van der Waals surface area contributed by atoms with Gasteiger partial charge in [-0.2, -0.15) is 0 Å². The molecule has 4 nitrogen and oxygen atoms in total. The minimum Gasteiger partial charge on any atom is -0.439 e. The van der Waals surface area contributed by atoms with Crippen molar-refractivity contribution in [3.8, 4) is 0 Å². The van der Waals surface area contributed by atoms with Crippen LogP contribution in [-0.4, -0.2) is 22.9 Å². The zero-order chi connectivity index (χ0) is 12.4. The number of ether oxygens (including phenoxy) is 1. The Bertz CT molecular complexity index is 455. The number of hydrogen-bond acceptors (Lipinski definition) is 3. The van der Waals surface area contributed by atoms with Gasteiger partial charge in [-0.05, 0) is 18.6 Å². The lowest BCUT2D eigenvalue weighted by molar-refractivity contribution is -0.124. The highest BCUT2D eigenvalue weighted by molar-refractivity contribution is 5.99. The van der Waals surface area contributed by atoms with Gasteiger partial charge in [0, 0.05) is 0 Å². The van der Waals surface area contributed by atoms with Crippen molar-refractivity contribution >= 4 is 12.0 Å². The highest BCUT2D eigenvalue weighted by Crippen LogP contribution is 2.32. The second-order valence-electron chi connectivity index (χ2n) is 3.87. The maximum absolute atomic E-state index is 11.6. The van der Waals surface area contributed by atoms with E-state index in [1.165, 1.54) is 0 Å². The van der Waals surface area contributed by atoms with Crippen molar-refractivity contribution in [1.29, 1.82) is 0 Å². The largest absolute Gasteiger partial charge is 0.439 e. The van der Waals surface area contributed by atoms with Gasteiger partial charge in [0.2, 0.25) is 0 Å². The Morgan fingerprint density at radius 1 is 1.41 bits per heavy atom. The maximum atomic E-state index is 11.6. The molecule has 0 unspecified atom stereocenters. The Morgan fingerprint density at radius 2 is 2.06 bits per heavy atom. The highest BCUT2D eigenvalue weighted by Gasteiger charge is 2.42. The van der Waals surface area contributed by atoms with Gasteiger partial charge in [0.25, 0.3) is 5.91 Å². The van der Waals surface area contributed by atoms with Crippen LogP contribution >= 0.6 is 0 Å². The van der Waals surface area contributed by atoms with Crippen LogP contribution in [0, 0.1) is 0 Å². The minimum atomic E-state index is -0.615. The van der Waals surface area contributed by atoms with Gasteiger partial charge in [-0.3, -0.25) is 4.79 Å². The number of cyclic esters (lactones) is 1. The van der Waals surface area contributed by atoms with E-state index in [4.69, 9.17) is 4.74 Å². The third-order valence-corrected chi connectivity index (χ3v) is 2.81. The van der Waals surface area contributed by atoms with E-state index in [1.54, 1.807) is 6.92 Å². The average Bonchev–Trinajstić information content (AvgIpc) is 2.65. The SMILES string of the molecule is C=CC(=O)N1C(=O)O[C@@H](c2ccccc2)[C@H]1C. The molecule has 1 aliphatic rings. The predicted molar refractivity (Wildman–Crippen MR) is 62.2 cm³/mol. The fraction of sp³-hybridized carbons (Fsp3) is 0.231. The van der Waals surface area contributed by atoms with Crippen LogP contribution in [0.1, 0.15) is 18.6 Å². The molecule has 0 bridgehead atoms. The molecule has 0 radical (unpaired) electrons. The lowest BCUT2D eigenvalue weighted by atomic mass is 10.0. The topological polar surface area (TPSA) is 46.6 Å². The second-order valence-corrected chi connectivity index (χ2v) is 3.87. The number of carbonyl (C=O) groups excluding carboxylic acids is 2. The summed E-state index contributed by atoms with van der Waals surface area (Å²) in [6.45, 7) is 5.15. The van der Waals surface area contributed by atoms with Gasteiger partial charge in [-0.15, -0.1) is 0 Å². The number of amides is 2. The van der Waals surface area contributed by atoms with Crippen molar-refractivity contribution < 1.29 is 14.3 Å². The molecule has 0 N–H and O–H groups in total. The summed E-state index contributed by atoms with van der Waals surface area (Å²) < 4.78 is 5.21. The van der Waals surface area contributed by atoms with Crippen LogP contribution in [0.25, 0.3) is 0 Å². The van der Waals surface area contributed by atoms with Gasteiger partial charge >= 0.3 is 6.09 Å². The summed E-state index contributed by atoms with van der Waals surface area (Å²) in [7, 11) is 0. The van der Waals surface area contributed by atoms with Crippen LogP contribution in [0.3, 0.4) is 0 Å². The molecule has 0 aliphatic carbocycles. The molecule has 2 atom stereocenters. The van der Waals surface area contributed by atoms with E-state index in [1.807, 2.05) is 30.3 Å². The maximum Gasteiger partial charge on any atom is 0.417 e. The van der Waals surface area contributed by atoms with Crippen LogP contribution in [0.2, 0.25) is 0 Å². The summed E-state index contributed by atoms with van der Waals surface area (Å²) in [5.74, 6) is -0.430. The van der Waals surface area contributed by atoms with Crippen LogP contribution in [0.4, 0.5) is 4.79 Å². The summed E-state index contributed by atoms with van der Waals surface area (Å²) in [5, 5.41) is 0. The minimum absolute atomic E-state index is 0.324. The zero-order valence-electron chi connectivity index (χ0n) is 9.50. The number of imide groups is 1. The summed E-state index contributed by atoms with van der Waals surface area (Å²) in [4.78, 5) is 24.2. The van der Waals surface area contributed by atoms with E-state index in [9.17, 15) is 9.59 Å². The van der Waals surface area contributed by atoms with Crippen LogP contribution in [0.5, 0.6) is 0 Å². The third kappa shape index (κ3) is 1.93. The van der Waals surface area contributed by atoms with Gasteiger partial charge in [-0.25, -0.2) is 9.69 Å². The molecule has 1 saturated heterocycles. The molecule has 0 saturated carbocycles. The molecule has 1 fully saturated rings. The van der Waals surface area contributed by atoms with Crippen LogP contribution < -0.4 is 0 Å². The van der Waals surface area contributed by atoms with Crippen molar-refractivity contribution in [2.75, 3.05) is 0 Å². The first-order valence-corrected chi connectivity index (χ1v) is 5.36. The summed E-state index contributed by atoms with van der Waals surface area (Å²) in [6, 6.07) is 9.04. The van der Waals surface area contributed by atoms with E-state index in [0.29, 0.717) is 0 Å². The molecule has 0 aromatic heterocycles. The first kappa shape index (κ1) is 11.4. The fourth-order valence-electron chi connectivity index (χ4n) is 1.94. The number of nitrogens with zero attached hydrogens (tertiary/aromatic N) is 1. The normalized spacial score (nSPS) is 23.4. The van der Waals surface area contributed by atoms with Gasteiger partial charge in [0.05, 0.1) is 6.04 Å². The van der Waals surface area contributed by atoms with Crippen LogP contribution in [-0.2, 0) is 9.53 Å². The Morgan fingerprint density at radius 3 is 2.65 bits per heavy atom. The lowest BCUT2D eigenvalue weighted by Gasteiger charge is -2.17. The van der Waals surface area contributed by atoms with Crippen molar-refractivity contribution in [2.24, 2.45) is 0 Å². The average molecular weight is 231 g/mol. The van der Waals surface area contributed by atoms with Crippen molar-refractivity contribution in [1.82, 2.24) is 4.90 Å². The number of hydrogen-bond donors (Lipinski definition) is 0. The van der Waals surface area contributed by atoms with E-state index < -0.39 is 18.1 Å². The highest BCUT2D eigenvalue weighted by atomic mass is 16.6. The van der Waals surface area contributed by atoms with Gasteiger partial charge in [0.1, 0.15) is 6.10 Å². The Hall–Kier alpha value is -2.10. The number of carbonyl (C=O) groups is 2. The molecule has 1 aliphatic heterocycles. The molecule has 1 aromatic rings. The molecule has 88 valence electrons. The number of rotatable bonds is 2. The monoisotopic (exact) mass is 231 g/mol. The Labute approximate surface area is 99.5 Å². The van der Waals surface area contributed by atoms with E-state index >= 15 is 0 Å². The smallest absolute Gasteiger partial charge is 0.417 e. The van der Waals surface area contributed by atoms with Crippen LogP contribution in [0.15, 0.2) is 43.0 Å². The summed E-state index contributed by atoms with van der Waals surface area (Å²) >= 11 is 0. The van der Waals surface area contributed by atoms with E-state index in [-0.39, 0.29) is 6.04 Å². The zero-order valence-corrected chi connectivity index (χ0v) is 9.50. The van der Waals surface area contributed by atoms with Gasteiger partial charge in [-0.1, -0.05) is 36.9 Å². The molecule has 1 heterocycles. The van der Waals surface area contributed by atoms with Crippen molar-refractivity contribution in [3.63, 3.8) is 0 Å². The molecular formula is C13H13NO3. The standard InChI is InChI=1S/C13H13NO3/c1-3-11(15)14-9(2)12(17-13(14)16)10-7-5-4-6-8-10/h3-9,12H,1H2,2H3/t9-,12-/m1/s1. The molecule has 17 heavy (non-hydrogen) atoms. The summed E-state index contributed by atoms with van der Waals surface area (Å²) in [6.07, 6.45) is 0.0920. The summed E-state index contributed by atoms with van der Waals surface area (Å²) in [5.41, 5.74) is 0.882. The van der Waals surface area contributed by atoms with E-state index in [2.05, 4.69) is 6.58 Å².